The summed E-state index contributed by atoms with van der Waals surface area (Å²) < 4.78 is 0. The van der Waals surface area contributed by atoms with Crippen LogP contribution in [0.25, 0.3) is 0 Å². The molecule has 24 heavy (non-hydrogen) atoms. The molecule has 2 aliphatic heterocycles. The van der Waals surface area contributed by atoms with Crippen LogP contribution in [0.5, 0.6) is 0 Å². The lowest BCUT2D eigenvalue weighted by molar-refractivity contribution is -0.122. The molecule has 2 N–H and O–H groups in total. The van der Waals surface area contributed by atoms with Gasteiger partial charge in [0.15, 0.2) is 0 Å². The molecule has 1 aromatic heterocycles. The standard InChI is InChI=1S/C17H25N5O2/c23-16-15(5-1-2-7-19-16)20-17(24)22-10-8-21(9-11-22)13-14-4-3-6-18-12-14/h3-4,6,12,15H,1-2,5,7-11,13H2,(H,19,23)(H,20,24)/t15-/m0/s1. The maximum Gasteiger partial charge on any atom is 0.318 e. The number of piperazine rings is 1. The van der Waals surface area contributed by atoms with Gasteiger partial charge in [-0.15, -0.1) is 0 Å². The largest absolute Gasteiger partial charge is 0.354 e. The Kier molecular flexibility index (Phi) is 5.63. The van der Waals surface area contributed by atoms with E-state index in [4.69, 9.17) is 0 Å². The minimum absolute atomic E-state index is 0.0592. The van der Waals surface area contributed by atoms with Crippen molar-refractivity contribution in [1.29, 1.82) is 0 Å². The summed E-state index contributed by atoms with van der Waals surface area (Å²) in [5.41, 5.74) is 1.19. The molecular weight excluding hydrogens is 306 g/mol. The number of nitrogens with one attached hydrogen (secondary N) is 2. The first-order chi connectivity index (χ1) is 11.7. The van der Waals surface area contributed by atoms with Crippen LogP contribution in [0.2, 0.25) is 0 Å². The topological polar surface area (TPSA) is 77.6 Å². The van der Waals surface area contributed by atoms with Crippen molar-refractivity contribution in [2.45, 2.75) is 31.8 Å². The van der Waals surface area contributed by atoms with Crippen LogP contribution in [0.1, 0.15) is 24.8 Å². The highest BCUT2D eigenvalue weighted by Gasteiger charge is 2.26. The predicted octanol–water partition coefficient (Wildman–Crippen LogP) is 0.578. The number of hydrogen-bond donors (Lipinski definition) is 2. The van der Waals surface area contributed by atoms with Gasteiger partial charge in [-0.3, -0.25) is 14.7 Å². The number of amides is 3. The number of carbonyl (C=O) groups excluding carboxylic acids is 2. The summed E-state index contributed by atoms with van der Waals surface area (Å²) in [4.78, 5) is 32.6. The molecule has 0 aliphatic carbocycles. The van der Waals surface area contributed by atoms with Gasteiger partial charge in [0.1, 0.15) is 6.04 Å². The second-order valence-electron chi connectivity index (χ2n) is 6.41. The number of pyridine rings is 1. The fraction of sp³-hybridized carbons (Fsp3) is 0.588. The van der Waals surface area contributed by atoms with Gasteiger partial charge in [-0.25, -0.2) is 4.79 Å². The van der Waals surface area contributed by atoms with Gasteiger partial charge in [-0.1, -0.05) is 6.07 Å². The second kappa shape index (κ2) is 8.10. The molecule has 0 spiro atoms. The third-order valence-corrected chi connectivity index (χ3v) is 4.62. The van der Waals surface area contributed by atoms with Crippen molar-refractivity contribution in [3.05, 3.63) is 30.1 Å². The van der Waals surface area contributed by atoms with Crippen molar-refractivity contribution >= 4 is 11.9 Å². The lowest BCUT2D eigenvalue weighted by Crippen LogP contribution is -2.55. The van der Waals surface area contributed by atoms with Crippen LogP contribution in [-0.2, 0) is 11.3 Å². The maximum absolute atomic E-state index is 12.4. The number of aromatic nitrogens is 1. The number of urea groups is 1. The number of hydrogen-bond acceptors (Lipinski definition) is 4. The van der Waals surface area contributed by atoms with E-state index in [0.717, 1.165) is 38.9 Å². The smallest absolute Gasteiger partial charge is 0.318 e. The van der Waals surface area contributed by atoms with Crippen molar-refractivity contribution in [2.75, 3.05) is 32.7 Å². The zero-order valence-corrected chi connectivity index (χ0v) is 13.9. The Morgan fingerprint density at radius 3 is 2.88 bits per heavy atom. The molecule has 0 unspecified atom stereocenters. The maximum atomic E-state index is 12.4. The fourth-order valence-corrected chi connectivity index (χ4v) is 3.18. The van der Waals surface area contributed by atoms with Crippen LogP contribution < -0.4 is 10.6 Å². The minimum Gasteiger partial charge on any atom is -0.354 e. The average molecular weight is 331 g/mol. The molecule has 3 rings (SSSR count). The zero-order chi connectivity index (χ0) is 16.8. The Morgan fingerprint density at radius 1 is 1.29 bits per heavy atom. The predicted molar refractivity (Wildman–Crippen MR) is 90.3 cm³/mol. The van der Waals surface area contributed by atoms with Crippen LogP contribution in [0.4, 0.5) is 4.79 Å². The molecule has 130 valence electrons. The lowest BCUT2D eigenvalue weighted by Gasteiger charge is -2.35. The first-order valence-corrected chi connectivity index (χ1v) is 8.67. The van der Waals surface area contributed by atoms with Crippen LogP contribution in [0.15, 0.2) is 24.5 Å². The van der Waals surface area contributed by atoms with Gasteiger partial charge in [0, 0.05) is 51.7 Å². The fourth-order valence-electron chi connectivity index (χ4n) is 3.18. The van der Waals surface area contributed by atoms with E-state index >= 15 is 0 Å². The second-order valence-corrected chi connectivity index (χ2v) is 6.41. The van der Waals surface area contributed by atoms with E-state index in [-0.39, 0.29) is 11.9 Å². The Morgan fingerprint density at radius 2 is 2.12 bits per heavy atom. The highest BCUT2D eigenvalue weighted by atomic mass is 16.2. The summed E-state index contributed by atoms with van der Waals surface area (Å²) in [5, 5.41) is 5.74. The summed E-state index contributed by atoms with van der Waals surface area (Å²) in [6.07, 6.45) is 6.31. The first kappa shape index (κ1) is 16.7. The summed E-state index contributed by atoms with van der Waals surface area (Å²) in [6, 6.07) is 3.49. The van der Waals surface area contributed by atoms with Crippen molar-refractivity contribution in [3.63, 3.8) is 0 Å². The van der Waals surface area contributed by atoms with Crippen molar-refractivity contribution in [1.82, 2.24) is 25.4 Å². The van der Waals surface area contributed by atoms with E-state index in [9.17, 15) is 9.59 Å². The molecule has 0 aromatic carbocycles. The van der Waals surface area contributed by atoms with Crippen molar-refractivity contribution < 1.29 is 9.59 Å². The molecule has 1 atom stereocenters. The van der Waals surface area contributed by atoms with Crippen LogP contribution in [-0.4, -0.2) is 65.5 Å². The summed E-state index contributed by atoms with van der Waals surface area (Å²) >= 11 is 0. The van der Waals surface area contributed by atoms with Crippen LogP contribution >= 0.6 is 0 Å². The van der Waals surface area contributed by atoms with Gasteiger partial charge in [-0.05, 0) is 30.9 Å². The number of carbonyl (C=O) groups is 2. The van der Waals surface area contributed by atoms with E-state index < -0.39 is 6.04 Å². The highest BCUT2D eigenvalue weighted by Crippen LogP contribution is 2.09. The summed E-state index contributed by atoms with van der Waals surface area (Å²) in [5.74, 6) is -0.0592. The van der Waals surface area contributed by atoms with E-state index in [1.165, 1.54) is 5.56 Å². The first-order valence-electron chi connectivity index (χ1n) is 8.67. The van der Waals surface area contributed by atoms with Gasteiger partial charge < -0.3 is 15.5 Å². The van der Waals surface area contributed by atoms with E-state index in [2.05, 4.69) is 26.6 Å². The number of nitrogens with zero attached hydrogens (tertiary/aromatic N) is 3. The van der Waals surface area contributed by atoms with Crippen molar-refractivity contribution in [3.8, 4) is 0 Å². The van der Waals surface area contributed by atoms with E-state index in [1.807, 2.05) is 12.3 Å². The van der Waals surface area contributed by atoms with Gasteiger partial charge in [0.2, 0.25) is 5.91 Å². The third-order valence-electron chi connectivity index (χ3n) is 4.62. The Balaban J connectivity index is 1.45. The molecule has 7 nitrogen and oxygen atoms in total. The van der Waals surface area contributed by atoms with Gasteiger partial charge in [-0.2, -0.15) is 0 Å². The van der Waals surface area contributed by atoms with Gasteiger partial charge in [0.25, 0.3) is 0 Å². The van der Waals surface area contributed by atoms with Crippen molar-refractivity contribution in [2.24, 2.45) is 0 Å². The summed E-state index contributed by atoms with van der Waals surface area (Å²) in [6.45, 7) is 4.59. The monoisotopic (exact) mass is 331 g/mol. The van der Waals surface area contributed by atoms with E-state index in [1.54, 1.807) is 11.1 Å². The molecule has 0 bridgehead atoms. The van der Waals surface area contributed by atoms with E-state index in [0.29, 0.717) is 19.6 Å². The SMILES string of the molecule is O=C1NCCCC[C@@H]1NC(=O)N1CCN(Cc2cccnc2)CC1. The highest BCUT2D eigenvalue weighted by molar-refractivity contribution is 5.87. The van der Waals surface area contributed by atoms with Crippen LogP contribution in [0.3, 0.4) is 0 Å². The quantitative estimate of drug-likeness (QED) is 0.849. The number of rotatable bonds is 3. The Hall–Kier alpha value is -2.15. The summed E-state index contributed by atoms with van der Waals surface area (Å²) in [7, 11) is 0. The molecule has 0 saturated carbocycles. The Labute approximate surface area is 142 Å². The minimum atomic E-state index is -0.395. The molecule has 3 heterocycles. The molecule has 2 aliphatic rings. The molecule has 1 aromatic rings. The molecule has 3 amide bonds. The van der Waals surface area contributed by atoms with Crippen LogP contribution in [0, 0.1) is 0 Å². The van der Waals surface area contributed by atoms with Gasteiger partial charge in [0.05, 0.1) is 0 Å². The Bertz CT molecular complexity index is 557. The van der Waals surface area contributed by atoms with Gasteiger partial charge >= 0.3 is 6.03 Å². The third kappa shape index (κ3) is 4.44. The molecule has 7 heteroatoms. The normalized spacial score (nSPS) is 22.6. The molecule has 2 saturated heterocycles. The molecular formula is C17H25N5O2. The lowest BCUT2D eigenvalue weighted by atomic mass is 10.1. The zero-order valence-electron chi connectivity index (χ0n) is 13.9. The molecule has 2 fully saturated rings. The average Bonchev–Trinajstić information content (AvgIpc) is 2.81. The molecule has 0 radical (unpaired) electrons.